The van der Waals surface area contributed by atoms with Gasteiger partial charge in [-0.15, -0.1) is 0 Å². The number of carbonyl (C=O) groups is 2. The van der Waals surface area contributed by atoms with Crippen LogP contribution in [0.1, 0.15) is 32.7 Å². The summed E-state index contributed by atoms with van der Waals surface area (Å²) >= 11 is 0. The summed E-state index contributed by atoms with van der Waals surface area (Å²) in [6, 6.07) is 14.2. The van der Waals surface area contributed by atoms with E-state index in [2.05, 4.69) is 4.99 Å². The van der Waals surface area contributed by atoms with E-state index in [4.69, 9.17) is 4.74 Å². The highest BCUT2D eigenvalue weighted by Gasteiger charge is 2.40. The first-order chi connectivity index (χ1) is 15.6. The van der Waals surface area contributed by atoms with E-state index < -0.39 is 0 Å². The second kappa shape index (κ2) is 8.09. The molecule has 0 fully saturated rings. The Kier molecular flexibility index (Phi) is 5.11. The number of fused-ring (bicyclic) bond motifs is 2. The van der Waals surface area contributed by atoms with Gasteiger partial charge in [-0.1, -0.05) is 42.5 Å². The van der Waals surface area contributed by atoms with Gasteiger partial charge in [-0.05, 0) is 18.6 Å². The summed E-state index contributed by atoms with van der Waals surface area (Å²) < 4.78 is 6.08. The largest absolute Gasteiger partial charge is 0.451 e. The number of ether oxygens (including phenoxy) is 1. The van der Waals surface area contributed by atoms with Crippen LogP contribution in [0.3, 0.4) is 0 Å². The molecule has 3 aliphatic rings. The highest BCUT2D eigenvalue weighted by atomic mass is 16.5. The number of nitrogens with zero attached hydrogens (tertiary/aromatic N) is 3. The maximum Gasteiger partial charge on any atom is 0.231 e. The Balaban J connectivity index is 1.57. The van der Waals surface area contributed by atoms with E-state index in [-0.39, 0.29) is 35.7 Å². The number of allylic oxidation sites excluding steroid dienone is 2. The third kappa shape index (κ3) is 3.31. The zero-order chi connectivity index (χ0) is 22.2. The highest BCUT2D eigenvalue weighted by Crippen LogP contribution is 2.37. The number of hydrogen-bond donors (Lipinski definition) is 1. The number of aliphatic hydroxyl groups is 1. The number of carbonyl (C=O) groups excluding carboxylic acids is 2. The summed E-state index contributed by atoms with van der Waals surface area (Å²) in [5, 5.41) is 9.19. The van der Waals surface area contributed by atoms with E-state index in [0.717, 1.165) is 11.4 Å². The quantitative estimate of drug-likeness (QED) is 0.805. The first kappa shape index (κ1) is 20.2. The molecule has 32 heavy (non-hydrogen) atoms. The van der Waals surface area contributed by atoms with Gasteiger partial charge in [0.2, 0.25) is 17.3 Å². The minimum atomic E-state index is -0.288. The Bertz CT molecular complexity index is 1200. The van der Waals surface area contributed by atoms with Crippen molar-refractivity contribution in [3.8, 4) is 5.75 Å². The highest BCUT2D eigenvalue weighted by molar-refractivity contribution is 6.26. The third-order valence-corrected chi connectivity index (χ3v) is 6.01. The molecular formula is C25H23N3O4. The van der Waals surface area contributed by atoms with Crippen molar-refractivity contribution in [2.75, 3.05) is 20.2 Å². The fraction of sp³-hybridized carbons (Fsp3) is 0.240. The molecule has 0 bridgehead atoms. The molecule has 0 aromatic heterocycles. The predicted octanol–water partition coefficient (Wildman–Crippen LogP) is 2.78. The molecule has 162 valence electrons. The average Bonchev–Trinajstić information content (AvgIpc) is 3.00. The van der Waals surface area contributed by atoms with Crippen molar-refractivity contribution in [1.29, 1.82) is 0 Å². The number of Topliss-reactive ketones (excluding diaryl/α,β-unsaturated/α-hetero) is 2. The first-order valence-electron chi connectivity index (χ1n) is 10.6. The summed E-state index contributed by atoms with van der Waals surface area (Å²) in [7, 11) is 1.87. The van der Waals surface area contributed by atoms with Crippen molar-refractivity contribution in [2.45, 2.75) is 19.0 Å². The van der Waals surface area contributed by atoms with E-state index in [1.54, 1.807) is 30.5 Å². The van der Waals surface area contributed by atoms with Crippen molar-refractivity contribution in [2.24, 2.45) is 4.99 Å². The topological polar surface area (TPSA) is 82.4 Å². The molecule has 7 heteroatoms. The summed E-state index contributed by atoms with van der Waals surface area (Å²) in [6.45, 7) is 0.944. The number of hydrogen-bond acceptors (Lipinski definition) is 7. The molecule has 7 nitrogen and oxygen atoms in total. The number of aliphatic imine (C=N–C) groups is 1. The van der Waals surface area contributed by atoms with Crippen molar-refractivity contribution in [3.63, 3.8) is 0 Å². The maximum absolute atomic E-state index is 13.6. The molecule has 0 saturated heterocycles. The Morgan fingerprint density at radius 2 is 1.81 bits per heavy atom. The fourth-order valence-electron chi connectivity index (χ4n) is 4.31. The second-order valence-corrected chi connectivity index (χ2v) is 8.01. The predicted molar refractivity (Wildman–Crippen MR) is 119 cm³/mol. The number of para-hydroxylation sites is 1. The molecule has 2 aromatic carbocycles. The second-order valence-electron chi connectivity index (χ2n) is 8.01. The number of benzene rings is 2. The summed E-state index contributed by atoms with van der Waals surface area (Å²) in [4.78, 5) is 35.3. The Morgan fingerprint density at radius 3 is 2.53 bits per heavy atom. The standard InChI is InChI=1S/C25H23N3O4/c1-27(12-13-29)21-11-10-17(14-26-21)28-15-16-6-2-5-9-20(16)32-25-22(28)23(30)18-7-3-4-8-19(18)24(25)31/h2-9,11,14,17,29H,10,12-13,15H2,1H3. The molecule has 0 amide bonds. The van der Waals surface area contributed by atoms with Gasteiger partial charge in [0.15, 0.2) is 0 Å². The van der Waals surface area contributed by atoms with Gasteiger partial charge in [0.05, 0.1) is 12.6 Å². The van der Waals surface area contributed by atoms with Crippen LogP contribution in [0, 0.1) is 0 Å². The van der Waals surface area contributed by atoms with Gasteiger partial charge < -0.3 is 19.6 Å². The lowest BCUT2D eigenvalue weighted by Crippen LogP contribution is -2.42. The number of aliphatic hydroxyl groups excluding tert-OH is 1. The van der Waals surface area contributed by atoms with Crippen LogP contribution in [0.4, 0.5) is 0 Å². The molecule has 2 aromatic rings. The Morgan fingerprint density at radius 1 is 1.09 bits per heavy atom. The lowest BCUT2D eigenvalue weighted by atomic mass is 9.90. The summed E-state index contributed by atoms with van der Waals surface area (Å²) in [5.41, 5.74) is 1.93. The third-order valence-electron chi connectivity index (χ3n) is 6.01. The molecule has 0 spiro atoms. The molecule has 0 radical (unpaired) electrons. The van der Waals surface area contributed by atoms with Gasteiger partial charge in [0, 0.05) is 43.0 Å². The minimum Gasteiger partial charge on any atom is -0.451 e. The van der Waals surface area contributed by atoms with E-state index >= 15 is 0 Å². The zero-order valence-corrected chi connectivity index (χ0v) is 17.7. The first-order valence-corrected chi connectivity index (χ1v) is 10.6. The molecular weight excluding hydrogens is 406 g/mol. The lowest BCUT2D eigenvalue weighted by Gasteiger charge is -2.35. The van der Waals surface area contributed by atoms with Crippen molar-refractivity contribution in [1.82, 2.24) is 9.80 Å². The lowest BCUT2D eigenvalue weighted by molar-refractivity contribution is 0.0900. The molecule has 2 aliphatic heterocycles. The van der Waals surface area contributed by atoms with Crippen molar-refractivity contribution >= 4 is 17.8 Å². The number of rotatable bonds is 4. The van der Waals surface area contributed by atoms with Crippen LogP contribution in [-0.4, -0.2) is 58.9 Å². The number of likely N-dealkylation sites (N-methyl/N-ethyl adjacent to an activating group) is 1. The van der Waals surface area contributed by atoms with Crippen LogP contribution < -0.4 is 4.74 Å². The molecule has 0 saturated carbocycles. The maximum atomic E-state index is 13.6. The van der Waals surface area contributed by atoms with Crippen molar-refractivity contribution < 1.29 is 19.4 Å². The van der Waals surface area contributed by atoms with Gasteiger partial charge in [-0.25, -0.2) is 4.99 Å². The monoisotopic (exact) mass is 429 g/mol. The van der Waals surface area contributed by atoms with Crippen LogP contribution in [0.2, 0.25) is 0 Å². The molecule has 1 N–H and O–H groups in total. The van der Waals surface area contributed by atoms with Crippen LogP contribution >= 0.6 is 0 Å². The fourth-order valence-corrected chi connectivity index (χ4v) is 4.31. The SMILES string of the molecule is CN(CCO)C1=CCC(N2Cc3ccccc3OC3=C2C(=O)c2ccccc2C3=O)C=N1. The van der Waals surface area contributed by atoms with E-state index in [1.807, 2.05) is 47.2 Å². The molecule has 5 rings (SSSR count). The van der Waals surface area contributed by atoms with Gasteiger partial charge >= 0.3 is 0 Å². The van der Waals surface area contributed by atoms with Crippen molar-refractivity contribution in [3.05, 3.63) is 88.6 Å². The van der Waals surface area contributed by atoms with Crippen LogP contribution in [0.15, 0.2) is 76.9 Å². The Hall–Kier alpha value is -3.71. The zero-order valence-electron chi connectivity index (χ0n) is 17.7. The van der Waals surface area contributed by atoms with E-state index in [1.165, 1.54) is 0 Å². The van der Waals surface area contributed by atoms with Gasteiger partial charge in [0.25, 0.3) is 0 Å². The van der Waals surface area contributed by atoms with E-state index in [9.17, 15) is 14.7 Å². The molecule has 2 heterocycles. The molecule has 1 aliphatic carbocycles. The normalized spacial score (nSPS) is 19.5. The van der Waals surface area contributed by atoms with Gasteiger partial charge in [0.1, 0.15) is 17.3 Å². The summed E-state index contributed by atoms with van der Waals surface area (Å²) in [6.07, 6.45) is 4.40. The average molecular weight is 429 g/mol. The van der Waals surface area contributed by atoms with Gasteiger partial charge in [-0.3, -0.25) is 9.59 Å². The van der Waals surface area contributed by atoms with Crippen LogP contribution in [-0.2, 0) is 6.54 Å². The smallest absolute Gasteiger partial charge is 0.231 e. The molecule has 1 unspecified atom stereocenters. The number of ketones is 2. The van der Waals surface area contributed by atoms with Gasteiger partial charge in [-0.2, -0.15) is 0 Å². The molecule has 1 atom stereocenters. The van der Waals surface area contributed by atoms with Crippen LogP contribution in [0.5, 0.6) is 5.75 Å². The summed E-state index contributed by atoms with van der Waals surface area (Å²) in [5.74, 6) is 0.911. The van der Waals surface area contributed by atoms with E-state index in [0.29, 0.717) is 36.4 Å². The Labute approximate surface area is 185 Å². The minimum absolute atomic E-state index is 0.0410. The van der Waals surface area contributed by atoms with Crippen LogP contribution in [0.25, 0.3) is 0 Å².